The summed E-state index contributed by atoms with van der Waals surface area (Å²) in [6.07, 6.45) is 0. The van der Waals surface area contributed by atoms with Gasteiger partial charge >= 0.3 is 5.69 Å². The molecule has 4 aromatic rings. The first-order chi connectivity index (χ1) is 14.3. The predicted octanol–water partition coefficient (Wildman–Crippen LogP) is 2.74. The number of nitro benzene ring substituents is 1. The Labute approximate surface area is 168 Å². The molecule has 30 heavy (non-hydrogen) atoms. The first kappa shape index (κ1) is 17.8. The van der Waals surface area contributed by atoms with Crippen LogP contribution in [0.5, 0.6) is 0 Å². The number of benzene rings is 3. The van der Waals surface area contributed by atoms with Crippen molar-refractivity contribution in [2.75, 3.05) is 4.90 Å². The van der Waals surface area contributed by atoms with Gasteiger partial charge < -0.3 is 0 Å². The first-order valence-corrected chi connectivity index (χ1v) is 9.05. The third kappa shape index (κ3) is 2.20. The van der Waals surface area contributed by atoms with Crippen molar-refractivity contribution in [3.05, 3.63) is 80.3 Å². The number of fused-ring (bicyclic) bond motifs is 1. The van der Waals surface area contributed by atoms with Crippen molar-refractivity contribution in [2.45, 2.75) is 0 Å². The molecule has 0 bridgehead atoms. The molecule has 148 valence electrons. The van der Waals surface area contributed by atoms with E-state index in [4.69, 9.17) is 0 Å². The Hall–Kier alpha value is -4.27. The fourth-order valence-corrected chi connectivity index (χ4v) is 4.07. The second-order valence-electron chi connectivity index (χ2n) is 7.17. The van der Waals surface area contributed by atoms with Crippen molar-refractivity contribution >= 4 is 45.0 Å². The maximum atomic E-state index is 13.3. The van der Waals surface area contributed by atoms with Crippen LogP contribution >= 0.6 is 0 Å². The number of rotatable bonds is 2. The fourth-order valence-electron chi connectivity index (χ4n) is 4.07. The number of aryl methyl sites for hydroxylation is 2. The topological polar surface area (TPSA) is 107 Å². The van der Waals surface area contributed by atoms with Crippen LogP contribution in [0.25, 0.3) is 21.8 Å². The van der Waals surface area contributed by atoms with Crippen molar-refractivity contribution < 1.29 is 14.5 Å². The normalized spacial score (nSPS) is 13.5. The summed E-state index contributed by atoms with van der Waals surface area (Å²) >= 11 is 0. The molecule has 0 radical (unpaired) electrons. The molecule has 3 aromatic carbocycles. The number of imidazole rings is 1. The number of amides is 2. The number of non-ortho nitro benzene ring substituents is 1. The summed E-state index contributed by atoms with van der Waals surface area (Å²) in [5, 5.41) is 12.2. The van der Waals surface area contributed by atoms with Gasteiger partial charge in [-0.3, -0.25) is 28.8 Å². The van der Waals surface area contributed by atoms with Crippen LogP contribution in [0.2, 0.25) is 0 Å². The number of aromatic nitrogens is 2. The van der Waals surface area contributed by atoms with E-state index in [0.29, 0.717) is 27.4 Å². The van der Waals surface area contributed by atoms with E-state index in [9.17, 15) is 24.5 Å². The highest BCUT2D eigenvalue weighted by atomic mass is 16.6. The van der Waals surface area contributed by atoms with Gasteiger partial charge in [0.05, 0.1) is 27.2 Å². The number of nitrogens with zero attached hydrogens (tertiary/aromatic N) is 4. The fraction of sp³-hybridized carbons (Fsp3) is 0.0952. The van der Waals surface area contributed by atoms with Crippen molar-refractivity contribution in [1.29, 1.82) is 0 Å². The number of hydrogen-bond donors (Lipinski definition) is 0. The Morgan fingerprint density at radius 3 is 2.27 bits per heavy atom. The van der Waals surface area contributed by atoms with Gasteiger partial charge in [0, 0.05) is 37.2 Å². The zero-order chi connectivity index (χ0) is 21.3. The molecule has 0 fully saturated rings. The monoisotopic (exact) mass is 402 g/mol. The minimum atomic E-state index is -0.646. The van der Waals surface area contributed by atoms with Gasteiger partial charge in [-0.15, -0.1) is 0 Å². The van der Waals surface area contributed by atoms with Crippen LogP contribution in [0, 0.1) is 10.1 Å². The number of carbonyl (C=O) groups excluding carboxylic acids is 2. The lowest BCUT2D eigenvalue weighted by molar-refractivity contribution is -0.384. The second-order valence-corrected chi connectivity index (χ2v) is 7.17. The molecule has 0 unspecified atom stereocenters. The Balaban J connectivity index is 1.77. The lowest BCUT2D eigenvalue weighted by atomic mass is 9.93. The molecule has 9 heteroatoms. The molecule has 0 N–H and O–H groups in total. The van der Waals surface area contributed by atoms with Crippen molar-refractivity contribution in [2.24, 2.45) is 14.1 Å². The molecule has 5 rings (SSSR count). The van der Waals surface area contributed by atoms with Gasteiger partial charge in [0.2, 0.25) is 0 Å². The summed E-state index contributed by atoms with van der Waals surface area (Å²) in [6.45, 7) is 0. The Kier molecular flexibility index (Phi) is 3.48. The van der Waals surface area contributed by atoms with E-state index in [1.54, 1.807) is 50.5 Å². The summed E-state index contributed by atoms with van der Waals surface area (Å²) in [6, 6.07) is 12.2. The molecule has 2 heterocycles. The lowest BCUT2D eigenvalue weighted by Gasteiger charge is -2.27. The van der Waals surface area contributed by atoms with Crippen LogP contribution in [0.3, 0.4) is 0 Å². The van der Waals surface area contributed by atoms with Crippen LogP contribution in [0.4, 0.5) is 11.4 Å². The van der Waals surface area contributed by atoms with E-state index in [1.807, 2.05) is 0 Å². The first-order valence-electron chi connectivity index (χ1n) is 9.05. The molecule has 0 spiro atoms. The Morgan fingerprint density at radius 2 is 1.53 bits per heavy atom. The van der Waals surface area contributed by atoms with E-state index < -0.39 is 16.7 Å². The highest BCUT2D eigenvalue weighted by molar-refractivity contribution is 6.36. The average Bonchev–Trinajstić information content (AvgIpc) is 2.95. The van der Waals surface area contributed by atoms with Crippen molar-refractivity contribution in [3.63, 3.8) is 0 Å². The minimum absolute atomic E-state index is 0.0939. The maximum Gasteiger partial charge on any atom is 0.328 e. The maximum absolute atomic E-state index is 13.3. The largest absolute Gasteiger partial charge is 0.328 e. The lowest BCUT2D eigenvalue weighted by Crippen LogP contribution is -2.40. The standard InChI is InChI=1S/C21H14N4O5/c1-22-16-7-6-12(10-17(16)23(2)21(22)28)24-19(26)14-5-3-4-11-8-13(25(29)30)9-15(18(11)14)20(24)27/h3-10H,1-2H3. The van der Waals surface area contributed by atoms with Gasteiger partial charge in [-0.1, -0.05) is 12.1 Å². The molecule has 0 aliphatic carbocycles. The molecular formula is C21H14N4O5. The van der Waals surface area contributed by atoms with Gasteiger partial charge in [0.15, 0.2) is 0 Å². The molecule has 9 nitrogen and oxygen atoms in total. The molecule has 0 saturated heterocycles. The van der Waals surface area contributed by atoms with Gasteiger partial charge in [0.1, 0.15) is 0 Å². The van der Waals surface area contributed by atoms with E-state index in [0.717, 1.165) is 4.90 Å². The number of carbonyl (C=O) groups is 2. The quantitative estimate of drug-likeness (QED) is 0.291. The molecule has 0 atom stereocenters. The minimum Gasteiger partial charge on any atom is -0.295 e. The van der Waals surface area contributed by atoms with Gasteiger partial charge in [-0.05, 0) is 29.7 Å². The van der Waals surface area contributed by atoms with E-state index >= 15 is 0 Å². The average molecular weight is 402 g/mol. The molecule has 1 aliphatic rings. The highest BCUT2D eigenvalue weighted by Crippen LogP contribution is 2.36. The summed E-state index contributed by atoms with van der Waals surface area (Å²) < 4.78 is 2.90. The van der Waals surface area contributed by atoms with Crippen LogP contribution in [0.1, 0.15) is 20.7 Å². The van der Waals surface area contributed by atoms with Crippen LogP contribution in [-0.2, 0) is 14.1 Å². The third-order valence-electron chi connectivity index (χ3n) is 5.55. The zero-order valence-electron chi connectivity index (χ0n) is 15.9. The SMILES string of the molecule is Cn1c(=O)n(C)c2cc(N3C(=O)c4cccc5cc([N+](=O)[O-])cc(c45)C3=O)ccc21. The van der Waals surface area contributed by atoms with Crippen LogP contribution in [0.15, 0.2) is 53.3 Å². The van der Waals surface area contributed by atoms with Gasteiger partial charge in [-0.25, -0.2) is 9.69 Å². The van der Waals surface area contributed by atoms with E-state index in [1.165, 1.54) is 21.3 Å². The molecule has 0 saturated carbocycles. The Morgan fingerprint density at radius 1 is 0.833 bits per heavy atom. The van der Waals surface area contributed by atoms with Crippen LogP contribution < -0.4 is 10.6 Å². The number of nitro groups is 1. The summed E-state index contributed by atoms with van der Waals surface area (Å²) in [5.41, 5.74) is 1.43. The number of hydrogen-bond acceptors (Lipinski definition) is 5. The molecule has 1 aromatic heterocycles. The van der Waals surface area contributed by atoms with Gasteiger partial charge in [0.25, 0.3) is 17.5 Å². The molecule has 2 amide bonds. The summed E-state index contributed by atoms with van der Waals surface area (Å²) in [5.74, 6) is -1.17. The third-order valence-corrected chi connectivity index (χ3v) is 5.55. The van der Waals surface area contributed by atoms with E-state index in [-0.39, 0.29) is 22.6 Å². The summed E-state index contributed by atoms with van der Waals surface area (Å²) in [7, 11) is 3.24. The van der Waals surface area contributed by atoms with Crippen LogP contribution in [-0.4, -0.2) is 25.9 Å². The van der Waals surface area contributed by atoms with Crippen molar-refractivity contribution in [3.8, 4) is 0 Å². The second kappa shape index (κ2) is 5.86. The van der Waals surface area contributed by atoms with Gasteiger partial charge in [-0.2, -0.15) is 0 Å². The van der Waals surface area contributed by atoms with E-state index in [2.05, 4.69) is 0 Å². The Bertz CT molecular complexity index is 1510. The van der Waals surface area contributed by atoms with Crippen molar-refractivity contribution in [1.82, 2.24) is 9.13 Å². The summed E-state index contributed by atoms with van der Waals surface area (Å²) in [4.78, 5) is 50.5. The smallest absolute Gasteiger partial charge is 0.295 e. The molecular weight excluding hydrogens is 388 g/mol. The highest BCUT2D eigenvalue weighted by Gasteiger charge is 2.35. The predicted molar refractivity (Wildman–Crippen MR) is 110 cm³/mol. The zero-order valence-corrected chi connectivity index (χ0v) is 15.9. The number of imide groups is 1. The number of anilines is 1. The molecule has 1 aliphatic heterocycles.